The molecule has 0 saturated heterocycles. The summed E-state index contributed by atoms with van der Waals surface area (Å²) in [4.78, 5) is 71.5. The fraction of sp³-hybridized carbons (Fsp3) is 0.400. The van der Waals surface area contributed by atoms with Gasteiger partial charge in [0, 0.05) is 63.6 Å². The van der Waals surface area contributed by atoms with Crippen molar-refractivity contribution >= 4 is 35.8 Å². The maximum absolute atomic E-state index is 12.1. The van der Waals surface area contributed by atoms with Crippen molar-refractivity contribution in [3.8, 4) is 17.2 Å². The van der Waals surface area contributed by atoms with E-state index in [0.29, 0.717) is 52.0 Å². The minimum Gasteiger partial charge on any atom is -0.461 e. The molecule has 0 spiro atoms. The van der Waals surface area contributed by atoms with Crippen LogP contribution in [0.15, 0.2) is 36.4 Å². The van der Waals surface area contributed by atoms with Crippen molar-refractivity contribution in [3.63, 3.8) is 0 Å². The van der Waals surface area contributed by atoms with Crippen LogP contribution in [0.1, 0.15) is 105 Å². The Bertz CT molecular complexity index is 1800. The molecule has 0 amide bonds. The molecule has 0 aliphatic rings. The standard InChI is InChI=1S/C40H46O12/c1-22-13-31(16-32(19-47-25(4)41)37(22)50-28(7)44)11-12-40(10,35-14-23(2)38(51-29(8)45)33(17-35)20-48-26(5)42)36-15-24(3)39(52-30(9)46)34(18-36)21-49-27(6)43/h13-18H,11-12,19-21H2,1-10H3. The van der Waals surface area contributed by atoms with E-state index in [1.165, 1.54) is 41.5 Å². The molecule has 0 N–H and O–H groups in total. The zero-order valence-corrected chi connectivity index (χ0v) is 31.4. The summed E-state index contributed by atoms with van der Waals surface area (Å²) in [7, 11) is 0. The van der Waals surface area contributed by atoms with Crippen LogP contribution in [0, 0.1) is 20.8 Å². The first-order chi connectivity index (χ1) is 24.3. The van der Waals surface area contributed by atoms with E-state index in [0.717, 1.165) is 16.7 Å². The molecule has 12 nitrogen and oxygen atoms in total. The van der Waals surface area contributed by atoms with E-state index in [4.69, 9.17) is 28.4 Å². The SMILES string of the molecule is CC(=O)OCc1cc(CCC(C)(c2cc(C)c(OC(C)=O)c(COC(C)=O)c2)c2cc(C)c(OC(C)=O)c(COC(C)=O)c2)cc(C)c1OC(C)=O. The van der Waals surface area contributed by atoms with Gasteiger partial charge in [-0.2, -0.15) is 0 Å². The Morgan fingerprint density at radius 1 is 0.481 bits per heavy atom. The largest absolute Gasteiger partial charge is 0.461 e. The van der Waals surface area contributed by atoms with Crippen molar-refractivity contribution in [1.82, 2.24) is 0 Å². The minimum atomic E-state index is -0.826. The Labute approximate surface area is 303 Å². The molecule has 52 heavy (non-hydrogen) atoms. The number of hydrogen-bond acceptors (Lipinski definition) is 12. The summed E-state index contributed by atoms with van der Waals surface area (Å²) < 4.78 is 32.6. The maximum atomic E-state index is 12.1. The monoisotopic (exact) mass is 718 g/mol. The van der Waals surface area contributed by atoms with E-state index >= 15 is 0 Å². The molecule has 0 unspecified atom stereocenters. The molecule has 0 saturated carbocycles. The van der Waals surface area contributed by atoms with Crippen molar-refractivity contribution in [2.24, 2.45) is 0 Å². The predicted octanol–water partition coefficient (Wildman–Crippen LogP) is 6.52. The lowest BCUT2D eigenvalue weighted by Gasteiger charge is -2.34. The van der Waals surface area contributed by atoms with Gasteiger partial charge in [0.1, 0.15) is 37.1 Å². The molecule has 0 aromatic heterocycles. The lowest BCUT2D eigenvalue weighted by Crippen LogP contribution is -2.26. The highest BCUT2D eigenvalue weighted by Gasteiger charge is 2.33. The van der Waals surface area contributed by atoms with E-state index in [2.05, 4.69) is 0 Å². The second-order valence-corrected chi connectivity index (χ2v) is 12.9. The van der Waals surface area contributed by atoms with Gasteiger partial charge in [0.15, 0.2) is 0 Å². The smallest absolute Gasteiger partial charge is 0.308 e. The Morgan fingerprint density at radius 2 is 0.808 bits per heavy atom. The molecule has 0 fully saturated rings. The Kier molecular flexibility index (Phi) is 13.9. The third-order valence-corrected chi connectivity index (χ3v) is 8.33. The van der Waals surface area contributed by atoms with Crippen LogP contribution in [0.2, 0.25) is 0 Å². The van der Waals surface area contributed by atoms with Crippen LogP contribution in [0.3, 0.4) is 0 Å². The van der Waals surface area contributed by atoms with Gasteiger partial charge in [0.05, 0.1) is 0 Å². The topological polar surface area (TPSA) is 158 Å². The Hall–Kier alpha value is -5.52. The van der Waals surface area contributed by atoms with E-state index in [-0.39, 0.29) is 31.3 Å². The molecule has 3 aromatic rings. The van der Waals surface area contributed by atoms with Gasteiger partial charge in [-0.1, -0.05) is 25.1 Å². The normalized spacial score (nSPS) is 11.0. The van der Waals surface area contributed by atoms with Crippen molar-refractivity contribution in [3.05, 3.63) is 86.5 Å². The molecular formula is C40H46O12. The number of ether oxygens (including phenoxy) is 6. The zero-order chi connectivity index (χ0) is 38.9. The predicted molar refractivity (Wildman–Crippen MR) is 189 cm³/mol. The summed E-state index contributed by atoms with van der Waals surface area (Å²) >= 11 is 0. The third kappa shape index (κ3) is 11.0. The van der Waals surface area contributed by atoms with Crippen LogP contribution in [0.4, 0.5) is 0 Å². The van der Waals surface area contributed by atoms with Crippen LogP contribution in [0.5, 0.6) is 17.2 Å². The molecule has 0 bridgehead atoms. The lowest BCUT2D eigenvalue weighted by atomic mass is 9.70. The number of aryl methyl sites for hydroxylation is 4. The second-order valence-electron chi connectivity index (χ2n) is 12.9. The molecule has 0 heterocycles. The number of carbonyl (C=O) groups excluding carboxylic acids is 6. The molecule has 0 aliphatic heterocycles. The maximum Gasteiger partial charge on any atom is 0.308 e. The van der Waals surface area contributed by atoms with Crippen molar-refractivity contribution in [2.75, 3.05) is 0 Å². The molecule has 0 aliphatic carbocycles. The fourth-order valence-corrected chi connectivity index (χ4v) is 5.98. The summed E-state index contributed by atoms with van der Waals surface area (Å²) in [5, 5.41) is 0. The molecule has 12 heteroatoms. The average Bonchev–Trinajstić information content (AvgIpc) is 3.03. The highest BCUT2D eigenvalue weighted by Crippen LogP contribution is 2.43. The first-order valence-corrected chi connectivity index (χ1v) is 16.7. The Balaban J connectivity index is 2.30. The summed E-state index contributed by atoms with van der Waals surface area (Å²) in [6.07, 6.45) is 0.934. The summed E-state index contributed by atoms with van der Waals surface area (Å²) in [6.45, 7) is 14.7. The molecular weight excluding hydrogens is 672 g/mol. The van der Waals surface area contributed by atoms with E-state index in [9.17, 15) is 28.8 Å². The van der Waals surface area contributed by atoms with Crippen molar-refractivity contribution in [1.29, 1.82) is 0 Å². The second kappa shape index (κ2) is 17.6. The third-order valence-electron chi connectivity index (χ3n) is 8.33. The first kappa shape index (κ1) is 40.9. The number of benzene rings is 3. The van der Waals surface area contributed by atoms with Gasteiger partial charge >= 0.3 is 35.8 Å². The van der Waals surface area contributed by atoms with Gasteiger partial charge in [0.25, 0.3) is 0 Å². The van der Waals surface area contributed by atoms with Crippen LogP contribution < -0.4 is 14.2 Å². The first-order valence-electron chi connectivity index (χ1n) is 16.7. The molecule has 3 rings (SSSR count). The zero-order valence-electron chi connectivity index (χ0n) is 31.4. The van der Waals surface area contributed by atoms with Crippen LogP contribution in [-0.2, 0) is 74.6 Å². The van der Waals surface area contributed by atoms with Gasteiger partial charge < -0.3 is 28.4 Å². The van der Waals surface area contributed by atoms with Gasteiger partial charge in [-0.3, -0.25) is 28.8 Å². The molecule has 278 valence electrons. The molecule has 3 aromatic carbocycles. The van der Waals surface area contributed by atoms with E-state index in [1.54, 1.807) is 20.8 Å². The van der Waals surface area contributed by atoms with E-state index < -0.39 is 41.2 Å². The highest BCUT2D eigenvalue weighted by molar-refractivity contribution is 5.73. The van der Waals surface area contributed by atoms with Gasteiger partial charge in [-0.05, 0) is 85.2 Å². The Morgan fingerprint density at radius 3 is 1.13 bits per heavy atom. The van der Waals surface area contributed by atoms with Gasteiger partial charge in [0.2, 0.25) is 0 Å². The van der Waals surface area contributed by atoms with Crippen LogP contribution in [-0.4, -0.2) is 35.8 Å². The van der Waals surface area contributed by atoms with E-state index in [1.807, 2.05) is 43.3 Å². The summed E-state index contributed by atoms with van der Waals surface area (Å²) in [5.74, 6) is -2.21. The lowest BCUT2D eigenvalue weighted by molar-refractivity contribution is -0.143. The number of carbonyl (C=O) groups is 6. The van der Waals surface area contributed by atoms with Crippen molar-refractivity contribution in [2.45, 2.75) is 107 Å². The van der Waals surface area contributed by atoms with Gasteiger partial charge in [-0.25, -0.2) is 0 Å². The molecule has 0 radical (unpaired) electrons. The highest BCUT2D eigenvalue weighted by atomic mass is 16.6. The summed E-state index contributed by atoms with van der Waals surface area (Å²) in [5.41, 5.74) is 5.01. The van der Waals surface area contributed by atoms with Crippen LogP contribution >= 0.6 is 0 Å². The number of hydrogen-bond donors (Lipinski definition) is 0. The van der Waals surface area contributed by atoms with Crippen molar-refractivity contribution < 1.29 is 57.2 Å². The number of esters is 6. The fourth-order valence-electron chi connectivity index (χ4n) is 5.98. The summed E-state index contributed by atoms with van der Waals surface area (Å²) in [6, 6.07) is 11.2. The van der Waals surface area contributed by atoms with Gasteiger partial charge in [-0.15, -0.1) is 0 Å². The minimum absolute atomic E-state index is 0.101. The average molecular weight is 719 g/mol. The number of rotatable bonds is 14. The quantitative estimate of drug-likeness (QED) is 0.101. The molecule has 0 atom stereocenters. The van der Waals surface area contributed by atoms with Crippen LogP contribution in [0.25, 0.3) is 0 Å².